The second kappa shape index (κ2) is 11.6. The number of benzene rings is 4. The van der Waals surface area contributed by atoms with E-state index in [2.05, 4.69) is 166 Å². The van der Waals surface area contributed by atoms with Crippen molar-refractivity contribution in [3.63, 3.8) is 0 Å². The lowest BCUT2D eigenvalue weighted by Gasteiger charge is -2.43. The van der Waals surface area contributed by atoms with Gasteiger partial charge in [0.15, 0.2) is 0 Å². The molecular formula is C47H51N3O2. The monoisotopic (exact) mass is 689 g/mol. The van der Waals surface area contributed by atoms with Crippen molar-refractivity contribution in [2.45, 2.75) is 110 Å². The Hall–Kier alpha value is -4.90. The highest BCUT2D eigenvalue weighted by molar-refractivity contribution is 5.98. The number of nitrogens with zero attached hydrogens (tertiary/aromatic N) is 3. The SMILES string of the molecule is Cc1ccc2c(c1)C(C)(C)C[C@@H]1OC(c3cc(Oc4ccc5c(c4)N(c4cc(C(C)(C)C)ccn4)c4ccccc4C5(C)C)c(C)cc3C)=N[C@]21C. The van der Waals surface area contributed by atoms with Crippen LogP contribution in [0.15, 0.2) is 96.1 Å². The number of fused-ring (bicyclic) bond motifs is 5. The van der Waals surface area contributed by atoms with E-state index in [1.165, 1.54) is 33.4 Å². The van der Waals surface area contributed by atoms with Crippen molar-refractivity contribution in [3.05, 3.63) is 141 Å². The minimum absolute atomic E-state index is 0.00785. The van der Waals surface area contributed by atoms with Gasteiger partial charge in [-0.2, -0.15) is 0 Å². The van der Waals surface area contributed by atoms with Crippen LogP contribution in [0.5, 0.6) is 11.5 Å². The van der Waals surface area contributed by atoms with Gasteiger partial charge in [0.05, 0.1) is 11.4 Å². The molecule has 0 N–H and O–H groups in total. The predicted molar refractivity (Wildman–Crippen MR) is 213 cm³/mol. The number of hydrogen-bond donors (Lipinski definition) is 0. The number of hydrogen-bond acceptors (Lipinski definition) is 5. The molecule has 0 unspecified atom stereocenters. The fourth-order valence-corrected chi connectivity index (χ4v) is 8.70. The summed E-state index contributed by atoms with van der Waals surface area (Å²) in [5.74, 6) is 3.15. The molecule has 266 valence electrons. The molecule has 2 aliphatic heterocycles. The summed E-state index contributed by atoms with van der Waals surface area (Å²) < 4.78 is 13.6. The van der Waals surface area contributed by atoms with Crippen LogP contribution < -0.4 is 9.64 Å². The van der Waals surface area contributed by atoms with Gasteiger partial charge < -0.3 is 9.47 Å². The van der Waals surface area contributed by atoms with Crippen LogP contribution in [0.3, 0.4) is 0 Å². The molecule has 5 aromatic rings. The summed E-state index contributed by atoms with van der Waals surface area (Å²) in [5, 5.41) is 0. The molecule has 3 aliphatic rings. The van der Waals surface area contributed by atoms with Crippen molar-refractivity contribution in [2.24, 2.45) is 4.99 Å². The van der Waals surface area contributed by atoms with Gasteiger partial charge in [-0.3, -0.25) is 4.90 Å². The van der Waals surface area contributed by atoms with Crippen LogP contribution in [-0.2, 0) is 26.5 Å². The fourth-order valence-electron chi connectivity index (χ4n) is 8.70. The molecule has 0 spiro atoms. The van der Waals surface area contributed by atoms with Crippen molar-refractivity contribution in [1.29, 1.82) is 0 Å². The molecule has 1 aliphatic carbocycles. The smallest absolute Gasteiger partial charge is 0.217 e. The van der Waals surface area contributed by atoms with Crippen LogP contribution in [0.2, 0.25) is 0 Å². The average Bonchev–Trinajstić information content (AvgIpc) is 3.41. The lowest BCUT2D eigenvalue weighted by atomic mass is 9.64. The van der Waals surface area contributed by atoms with E-state index in [-0.39, 0.29) is 22.3 Å². The number of aromatic nitrogens is 1. The van der Waals surface area contributed by atoms with Crippen LogP contribution in [0.25, 0.3) is 0 Å². The van der Waals surface area contributed by atoms with Crippen molar-refractivity contribution >= 4 is 23.1 Å². The Kier molecular flexibility index (Phi) is 7.60. The number of aryl methyl sites for hydroxylation is 3. The van der Waals surface area contributed by atoms with Gasteiger partial charge in [-0.1, -0.05) is 103 Å². The molecular weight excluding hydrogens is 639 g/mol. The summed E-state index contributed by atoms with van der Waals surface area (Å²) in [6.45, 7) is 24.6. The molecule has 0 saturated carbocycles. The molecule has 52 heavy (non-hydrogen) atoms. The van der Waals surface area contributed by atoms with Crippen molar-refractivity contribution in [2.75, 3.05) is 4.90 Å². The second-order valence-electron chi connectivity index (χ2n) is 17.7. The third-order valence-corrected chi connectivity index (χ3v) is 11.9. The Labute approximate surface area is 309 Å². The highest BCUT2D eigenvalue weighted by atomic mass is 16.5. The molecule has 0 bridgehead atoms. The number of rotatable bonds is 4. The molecule has 0 amide bonds. The van der Waals surface area contributed by atoms with E-state index >= 15 is 0 Å². The van der Waals surface area contributed by atoms with Gasteiger partial charge in [0.2, 0.25) is 5.90 Å². The predicted octanol–water partition coefficient (Wildman–Crippen LogP) is 11.9. The Morgan fingerprint density at radius 3 is 2.25 bits per heavy atom. The van der Waals surface area contributed by atoms with Crippen LogP contribution in [0, 0.1) is 20.8 Å². The fraction of sp³-hybridized carbons (Fsp3) is 0.362. The maximum atomic E-state index is 6.84. The Bertz CT molecular complexity index is 2290. The molecule has 3 heterocycles. The summed E-state index contributed by atoms with van der Waals surface area (Å²) in [7, 11) is 0. The summed E-state index contributed by atoms with van der Waals surface area (Å²) in [4.78, 5) is 12.6. The highest BCUT2D eigenvalue weighted by Crippen LogP contribution is 2.54. The summed E-state index contributed by atoms with van der Waals surface area (Å²) >= 11 is 0. The van der Waals surface area contributed by atoms with E-state index in [0.717, 1.165) is 51.8 Å². The van der Waals surface area contributed by atoms with E-state index in [0.29, 0.717) is 5.90 Å². The first-order valence-electron chi connectivity index (χ1n) is 18.7. The van der Waals surface area contributed by atoms with Gasteiger partial charge in [0.1, 0.15) is 29.0 Å². The topological polar surface area (TPSA) is 47.0 Å². The average molecular weight is 690 g/mol. The third kappa shape index (κ3) is 5.35. The zero-order valence-corrected chi connectivity index (χ0v) is 32.6. The van der Waals surface area contributed by atoms with Crippen molar-refractivity contribution in [3.8, 4) is 11.5 Å². The summed E-state index contributed by atoms with van der Waals surface area (Å²) in [6.07, 6.45) is 2.79. The van der Waals surface area contributed by atoms with Crippen molar-refractivity contribution < 1.29 is 9.47 Å². The molecule has 2 atom stereocenters. The lowest BCUT2D eigenvalue weighted by Crippen LogP contribution is -2.44. The van der Waals surface area contributed by atoms with Gasteiger partial charge in [0.25, 0.3) is 0 Å². The van der Waals surface area contributed by atoms with E-state index in [1.54, 1.807) is 0 Å². The molecule has 5 nitrogen and oxygen atoms in total. The number of anilines is 3. The molecule has 0 radical (unpaired) electrons. The number of para-hydroxylation sites is 1. The minimum atomic E-state index is -0.449. The number of pyridine rings is 1. The van der Waals surface area contributed by atoms with Crippen molar-refractivity contribution in [1.82, 2.24) is 4.98 Å². The van der Waals surface area contributed by atoms with Gasteiger partial charge in [0, 0.05) is 23.2 Å². The molecule has 8 rings (SSSR count). The normalized spacial score (nSPS) is 20.9. The largest absolute Gasteiger partial charge is 0.471 e. The van der Waals surface area contributed by atoms with Gasteiger partial charge >= 0.3 is 0 Å². The first-order valence-corrected chi connectivity index (χ1v) is 18.7. The first-order chi connectivity index (χ1) is 24.5. The van der Waals surface area contributed by atoms with E-state index in [4.69, 9.17) is 19.5 Å². The highest BCUT2D eigenvalue weighted by Gasteiger charge is 2.52. The Balaban J connectivity index is 1.19. The molecule has 0 fully saturated rings. The number of aliphatic imine (C=N–C) groups is 1. The van der Waals surface area contributed by atoms with Crippen LogP contribution in [-0.4, -0.2) is 17.0 Å². The van der Waals surface area contributed by atoms with Crippen LogP contribution in [0.1, 0.15) is 112 Å². The van der Waals surface area contributed by atoms with Crippen LogP contribution >= 0.6 is 0 Å². The van der Waals surface area contributed by atoms with E-state index in [9.17, 15) is 0 Å². The standard InChI is InChI=1S/C47H51N3O2/c1-28-16-18-34-37(22-28)45(7,8)27-41-47(34,11)49-43(52-41)33-26-40(30(3)23-29(33)2)51-32-17-19-36-39(25-32)50(38-15-13-12-14-35(38)46(36,9)10)42-24-31(20-21-48-42)44(4,5)6/h12-26,41H,27H2,1-11H3/t41-,47+/m0/s1. The lowest BCUT2D eigenvalue weighted by molar-refractivity contribution is 0.0971. The zero-order chi connectivity index (χ0) is 37.0. The minimum Gasteiger partial charge on any atom is -0.471 e. The zero-order valence-electron chi connectivity index (χ0n) is 32.6. The van der Waals surface area contributed by atoms with E-state index in [1.807, 2.05) is 6.20 Å². The maximum Gasteiger partial charge on any atom is 0.217 e. The molecule has 1 aromatic heterocycles. The van der Waals surface area contributed by atoms with Gasteiger partial charge in [-0.25, -0.2) is 9.98 Å². The summed E-state index contributed by atoms with van der Waals surface area (Å²) in [5.41, 5.74) is 12.3. The molecule has 0 saturated heterocycles. The second-order valence-corrected chi connectivity index (χ2v) is 17.7. The quantitative estimate of drug-likeness (QED) is 0.188. The van der Waals surface area contributed by atoms with Crippen LogP contribution in [0.4, 0.5) is 17.2 Å². The van der Waals surface area contributed by atoms with Gasteiger partial charge in [-0.15, -0.1) is 0 Å². The summed E-state index contributed by atoms with van der Waals surface area (Å²) in [6, 6.07) is 30.7. The maximum absolute atomic E-state index is 6.84. The Morgan fingerprint density at radius 2 is 1.48 bits per heavy atom. The van der Waals surface area contributed by atoms with Gasteiger partial charge in [-0.05, 0) is 114 Å². The third-order valence-electron chi connectivity index (χ3n) is 11.9. The number of ether oxygens (including phenoxy) is 2. The molecule has 5 heteroatoms. The Morgan fingerprint density at radius 1 is 0.750 bits per heavy atom. The van der Waals surface area contributed by atoms with E-state index < -0.39 is 5.54 Å². The first kappa shape index (κ1) is 34.2. The molecule has 4 aromatic carbocycles.